The first-order chi connectivity index (χ1) is 70.9. The van der Waals surface area contributed by atoms with E-state index in [1.165, 1.54) is 0 Å². The van der Waals surface area contributed by atoms with Gasteiger partial charge in [-0.1, -0.05) is 0 Å². The Labute approximate surface area is 846 Å². The molecule has 0 radical (unpaired) electrons. The highest BCUT2D eigenvalue weighted by Gasteiger charge is 2.40. The average molecular weight is 2040 g/mol. The number of aliphatic hydroxyl groups is 2. The van der Waals surface area contributed by atoms with Crippen LogP contribution >= 0.6 is 0 Å². The molecule has 0 saturated carbocycles. The van der Waals surface area contributed by atoms with Crippen molar-refractivity contribution in [2.45, 2.75) is 248 Å². The molecule has 0 spiro atoms. The number of nitrogens with zero attached hydrogens (tertiary/aromatic N) is 21. The van der Waals surface area contributed by atoms with Gasteiger partial charge in [-0.15, -0.1) is 0 Å². The number of carbonyl (C=O) groups is 4. The van der Waals surface area contributed by atoms with E-state index >= 15 is 0 Å². The maximum absolute atomic E-state index is 13.1. The highest BCUT2D eigenvalue weighted by atomic mass is 19.4. The molecule has 4 unspecified atom stereocenters. The molecule has 0 bridgehead atoms. The van der Waals surface area contributed by atoms with Crippen LogP contribution in [0.2, 0.25) is 0 Å². The second-order valence-electron chi connectivity index (χ2n) is 39.0. The molecule has 788 valence electrons. The number of methoxy groups -OCH3 is 2. The van der Waals surface area contributed by atoms with Crippen LogP contribution in [0.25, 0.3) is 44.1 Å². The first-order valence-electron chi connectivity index (χ1n) is 50.3. The predicted octanol–water partition coefficient (Wildman–Crippen LogP) is 9.55. The Morgan fingerprint density at radius 2 is 0.871 bits per heavy atom. The number of carbonyl (C=O) groups excluding carboxylic acids is 4. The van der Waals surface area contributed by atoms with Crippen LogP contribution in [0, 0.1) is 0 Å². The third-order valence-corrected chi connectivity index (χ3v) is 27.4. The highest BCUT2D eigenvalue weighted by molar-refractivity contribution is 5.95. The molecule has 7 aliphatic rings. The van der Waals surface area contributed by atoms with Crippen LogP contribution in [-0.4, -0.2) is 325 Å². The number of aromatic amines is 4. The average Bonchev–Trinajstić information content (AvgIpc) is 1.61. The summed E-state index contributed by atoms with van der Waals surface area (Å²) in [6, 6.07) is 16.1. The third kappa shape index (κ3) is 27.4. The predicted molar refractivity (Wildman–Crippen MR) is 536 cm³/mol. The van der Waals surface area contributed by atoms with Gasteiger partial charge in [-0.2, -0.15) is 78.4 Å². The molecule has 7 fully saturated rings. The van der Waals surface area contributed by atoms with Gasteiger partial charge >= 0.3 is 30.2 Å². The molecule has 10 atom stereocenters. The largest absolute Gasteiger partial charge is 0.496 e. The molecule has 45 nitrogen and oxygen atoms in total. The fourth-order valence-corrected chi connectivity index (χ4v) is 18.6. The zero-order valence-electron chi connectivity index (χ0n) is 84.5. The highest BCUT2D eigenvalue weighted by Crippen LogP contribution is 2.41. The van der Waals surface area contributed by atoms with Gasteiger partial charge in [0, 0.05) is 190 Å². The van der Waals surface area contributed by atoms with E-state index < -0.39 is 29.5 Å². The molecule has 7 saturated heterocycles. The van der Waals surface area contributed by atoms with Crippen molar-refractivity contribution < 1.29 is 85.2 Å². The number of halogens is 3. The van der Waals surface area contributed by atoms with Crippen LogP contribution in [0.3, 0.4) is 0 Å². The summed E-state index contributed by atoms with van der Waals surface area (Å²) in [5.41, 5.74) is 13.3. The lowest BCUT2D eigenvalue weighted by Crippen LogP contribution is -2.53. The van der Waals surface area contributed by atoms with Gasteiger partial charge in [0.25, 0.3) is 23.6 Å². The van der Waals surface area contributed by atoms with E-state index in [0.29, 0.717) is 99.0 Å². The summed E-state index contributed by atoms with van der Waals surface area (Å²) in [5.74, 6) is 1.35. The Morgan fingerprint density at radius 3 is 1.29 bits per heavy atom. The lowest BCUT2D eigenvalue weighted by atomic mass is 9.92. The normalized spacial score (nSPS) is 19.8. The van der Waals surface area contributed by atoms with Crippen LogP contribution in [0.15, 0.2) is 85.5 Å². The lowest BCUT2D eigenvalue weighted by Gasteiger charge is -2.33. The van der Waals surface area contributed by atoms with E-state index in [4.69, 9.17) is 48.4 Å². The van der Waals surface area contributed by atoms with E-state index in [9.17, 15) is 42.6 Å². The summed E-state index contributed by atoms with van der Waals surface area (Å²) in [6.07, 6.45) is 14.7. The van der Waals surface area contributed by atoms with Gasteiger partial charge < -0.3 is 99.4 Å². The number of alkyl halides is 3. The maximum atomic E-state index is 13.1. The number of fused-ring (bicyclic) bond motifs is 4. The monoisotopic (exact) mass is 2040 g/mol. The van der Waals surface area contributed by atoms with Gasteiger partial charge in [-0.25, -0.2) is 19.9 Å². The van der Waals surface area contributed by atoms with Crippen molar-refractivity contribution in [2.24, 2.45) is 5.73 Å². The lowest BCUT2D eigenvalue weighted by molar-refractivity contribution is -0.149. The fraction of sp³-hybridized carbons (Fsp3) is 0.566. The summed E-state index contributed by atoms with van der Waals surface area (Å²) in [4.78, 5) is 116. The van der Waals surface area contributed by atoms with Gasteiger partial charge in [-0.3, -0.25) is 39.6 Å². The number of hydrogen-bond donors (Lipinski definition) is 11. The van der Waals surface area contributed by atoms with Gasteiger partial charge in [0.2, 0.25) is 11.8 Å². The molecule has 7 aliphatic heterocycles. The Bertz CT molecular complexity index is 6210. The van der Waals surface area contributed by atoms with Crippen LogP contribution < -0.4 is 70.3 Å². The number of aromatic nitrogens is 21. The Morgan fingerprint density at radius 1 is 0.469 bits per heavy atom. The number of piperidine rings is 4. The zero-order valence-corrected chi connectivity index (χ0v) is 84.5. The molecule has 12 aromatic rings. The number of aliphatic hydroxyl groups excluding tert-OH is 2. The van der Waals surface area contributed by atoms with Crippen molar-refractivity contribution in [3.05, 3.63) is 131 Å². The zero-order chi connectivity index (χ0) is 104. The number of amides is 4. The summed E-state index contributed by atoms with van der Waals surface area (Å²) >= 11 is 0. The Kier molecular flexibility index (Phi) is 35.2. The number of nitrogens with one attached hydrogen (secondary N) is 8. The minimum atomic E-state index is -4.61. The smallest absolute Gasteiger partial charge is 0.408 e. The number of H-pyrrole nitrogens is 4. The number of rotatable bonds is 33. The van der Waals surface area contributed by atoms with E-state index in [2.05, 4.69) is 154 Å². The summed E-state index contributed by atoms with van der Waals surface area (Å²) in [5, 5.41) is 63.0. The molecular weight excluding hydrogens is 1910 g/mol. The number of pyridine rings is 4. The van der Waals surface area contributed by atoms with Crippen molar-refractivity contribution in [3.8, 4) is 29.8 Å². The first-order valence-corrected chi connectivity index (χ1v) is 50.3. The Balaban J connectivity index is 0.000000140. The molecule has 147 heavy (non-hydrogen) atoms. The molecule has 12 aromatic heterocycles. The van der Waals surface area contributed by atoms with Crippen molar-refractivity contribution in [1.82, 2.24) is 127 Å². The van der Waals surface area contributed by atoms with E-state index in [1.54, 1.807) is 77.1 Å². The second-order valence-corrected chi connectivity index (χ2v) is 39.0. The number of hydrogen-bond acceptors (Lipinski definition) is 37. The van der Waals surface area contributed by atoms with Crippen molar-refractivity contribution in [1.29, 1.82) is 0 Å². The summed E-state index contributed by atoms with van der Waals surface area (Å²) in [7, 11) is 3.20. The van der Waals surface area contributed by atoms with E-state index in [1.807, 2.05) is 70.0 Å². The second kappa shape index (κ2) is 48.8. The SMILES string of the molecule is CC1CCC(COc2nc(C(=O)N[C@H](C)CO)cc(N3CCC(c4[nH]nc5ncccc45)CC3)n2)O1.CC1CCC(COc2nc(C(=O)N[C@H](C)CO)cc(N3CCC(c4[nH]nc5ncccc45)CC3)n2)O1.COC[C@@H](C)Oc1nc(C(=O)N[C@@H](C)C(C)(C)N)cc(N2CCC(c3[nH]nc4ncccc34)CC2)n1.COc1ccnc2n[nH]c(C3CCN(c4nc(OC[C@H]5CCCO5)nc(C(=O)N[C@@H](C)C(F)(F)F)n4)CC3)c12. The van der Waals surface area contributed by atoms with E-state index in [-0.39, 0.29) is 145 Å². The van der Waals surface area contributed by atoms with Gasteiger partial charge in [0.05, 0.1) is 68.5 Å². The number of anilines is 4. The van der Waals surface area contributed by atoms with Gasteiger partial charge in [-0.05, 0) is 195 Å². The van der Waals surface area contributed by atoms with Crippen LogP contribution in [0.5, 0.6) is 29.8 Å². The number of nitrogens with two attached hydrogens (primary N) is 1. The molecule has 4 amide bonds. The van der Waals surface area contributed by atoms with Gasteiger partial charge in [0.15, 0.2) is 22.6 Å². The molecule has 19 heterocycles. The molecule has 0 aliphatic carbocycles. The summed E-state index contributed by atoms with van der Waals surface area (Å²) in [6.45, 7) is 23.0. The van der Waals surface area contributed by atoms with Crippen molar-refractivity contribution in [2.75, 3.05) is 132 Å². The molecular formula is C99H131F3N30O15. The summed E-state index contributed by atoms with van der Waals surface area (Å²) < 4.78 is 90.4. The molecule has 48 heteroatoms. The topological polar surface area (TPSA) is 561 Å². The van der Waals surface area contributed by atoms with Crippen LogP contribution in [0.4, 0.5) is 36.6 Å². The van der Waals surface area contributed by atoms with Crippen LogP contribution in [-0.2, 0) is 18.9 Å². The Hall–Kier alpha value is -13.7. The molecule has 19 rings (SSSR count). The van der Waals surface area contributed by atoms with E-state index in [0.717, 1.165) is 185 Å². The van der Waals surface area contributed by atoms with Gasteiger partial charge in [0.1, 0.15) is 72.3 Å². The van der Waals surface area contributed by atoms with Crippen LogP contribution in [0.1, 0.15) is 241 Å². The quantitative estimate of drug-likeness (QED) is 0.0182. The maximum Gasteiger partial charge on any atom is 0.408 e. The fourth-order valence-electron chi connectivity index (χ4n) is 18.6. The van der Waals surface area contributed by atoms with Crippen molar-refractivity contribution in [3.63, 3.8) is 0 Å². The minimum Gasteiger partial charge on any atom is -0.496 e. The minimum absolute atomic E-state index is 0.00610. The molecule has 0 aromatic carbocycles. The standard InChI is InChI=1S/C25H36N8O3.2C25H33N7O4.C24H29F3N8O4/c1-15(14-35-5)36-24-29-19(23(34)28-16(2)25(3,4)26)13-20(30-24)33-11-8-17(9-12-33)21-18-7-6-10-27-22(18)32-31-21;2*1-15(13-33)27-24(34)20-12-21(29-25(28-20)35-14-18-6-5-16(2)36-18)32-10-7-17(8-11-32)22-19-4-3-9-26-23(19)31-30-22;1-13(24(25,26)27)29-21(36)20-30-22(32-23(31-20)39-12-15-4-3-11-38-15)35-9-6-14(7-10-35)18-17-16(37-2)5-8-28-19(17)34-33-18/h6-7,10,13,15-17H,8-9,11-12,14,26H2,1-5H3,(H,28,34)(H,27,31,32);2*3-4,9,12,15-18,33H,5-8,10-11,13-14H2,1-2H3,(H,27,34)(H,26,30,31);5,8,13-15H,3-4,6-7,9-12H2,1-2H3,(H,29,36)(H,28,33,34)/t15-,16+;2*15-,16?,18?;13-,15+/m1110/s1. The first kappa shape index (κ1) is 106. The number of ether oxygens (including phenoxy) is 9. The molecule has 12 N–H and O–H groups in total. The van der Waals surface area contributed by atoms with Crippen molar-refractivity contribution >= 4 is 91.2 Å². The third-order valence-electron chi connectivity index (χ3n) is 27.4.